The monoisotopic (exact) mass is 1570 g/mol. The van der Waals surface area contributed by atoms with Crippen LogP contribution in [-0.4, -0.2) is 28.7 Å². The summed E-state index contributed by atoms with van der Waals surface area (Å²) in [5.41, 5.74) is 28.1. The third-order valence-electron chi connectivity index (χ3n) is 24.9. The molecule has 3 aromatic heterocycles. The van der Waals surface area contributed by atoms with Crippen LogP contribution < -0.4 is 14.2 Å². The quantitative estimate of drug-likeness (QED) is 0.141. The molecule has 0 unspecified atom stereocenters. The predicted molar refractivity (Wildman–Crippen MR) is 506 cm³/mol. The standard InChI is InChI=1S/C54H34N2O.2C30H20N2O/c1-33-55-48-15-8-16-50-54(48)56(33)49-28-26-41(32-51(49)57-50)37-19-17-36(18-20-37)40-25-27-46-47(31-40)53(43-24-22-35-10-3-5-12-39(35)30-43)45-14-7-6-13-44(45)52(46)42-23-21-34-9-2-4-11-38(34)29-42;1-19-31-26-7-4-8-28-30(26)32(19)27-16-15-25(18-29(27)33-28)22-11-9-21(10-12-22)24-14-13-20-5-2-3-6-23(20)17-24;1-19-31-26-8-5-9-28-30(26)32(19)27-15-14-25(18-29(27)33-28)24-13-12-22-16-21(10-11-23(22)17-24)20-6-3-2-4-7-20/h2-32H,1H3;2*2-18H,1H3. The fourth-order valence-corrected chi connectivity index (χ4v) is 19.0. The molecule has 0 fully saturated rings. The normalized spacial score (nSPS) is 12.1. The lowest BCUT2D eigenvalue weighted by Crippen LogP contribution is -2.05. The molecule has 9 heteroatoms. The van der Waals surface area contributed by atoms with E-state index in [2.05, 4.69) is 360 Å². The van der Waals surface area contributed by atoms with Crippen LogP contribution in [-0.2, 0) is 0 Å². The van der Waals surface area contributed by atoms with Crippen molar-refractivity contribution in [2.75, 3.05) is 0 Å². The van der Waals surface area contributed by atoms with Crippen molar-refractivity contribution in [3.63, 3.8) is 0 Å². The molecular formula is C114H74N6O3. The molecule has 0 atom stereocenters. The summed E-state index contributed by atoms with van der Waals surface area (Å²) in [5.74, 6) is 7.97. The summed E-state index contributed by atoms with van der Waals surface area (Å²) in [6, 6.07) is 141. The van der Waals surface area contributed by atoms with Gasteiger partial charge in [-0.1, -0.05) is 285 Å². The number of rotatable bonds is 8. The highest BCUT2D eigenvalue weighted by molar-refractivity contribution is 6.23. The lowest BCUT2D eigenvalue weighted by molar-refractivity contribution is 0.475. The topological polar surface area (TPSA) is 81.1 Å². The van der Waals surface area contributed by atoms with Gasteiger partial charge in [-0.3, -0.25) is 13.7 Å². The summed E-state index contributed by atoms with van der Waals surface area (Å²) < 4.78 is 25.7. The van der Waals surface area contributed by atoms with Gasteiger partial charge in [0.1, 0.15) is 34.0 Å². The van der Waals surface area contributed by atoms with Gasteiger partial charge in [0.15, 0.2) is 34.5 Å². The van der Waals surface area contributed by atoms with Crippen LogP contribution in [0.5, 0.6) is 34.5 Å². The van der Waals surface area contributed by atoms with Gasteiger partial charge in [-0.05, 0) is 284 Å². The number of hydrogen-bond donors (Lipinski definition) is 0. The first kappa shape index (κ1) is 70.9. The Morgan fingerprint density at radius 2 is 0.439 bits per heavy atom. The Morgan fingerprint density at radius 3 is 0.837 bits per heavy atom. The number of benzene rings is 20. The van der Waals surface area contributed by atoms with E-state index in [-0.39, 0.29) is 0 Å². The summed E-state index contributed by atoms with van der Waals surface area (Å²) in [7, 11) is 0. The molecule has 0 amide bonds. The first-order chi connectivity index (χ1) is 60.6. The highest BCUT2D eigenvalue weighted by Gasteiger charge is 2.28. The number of fused-ring (bicyclic) bond motifs is 12. The van der Waals surface area contributed by atoms with Crippen LogP contribution in [0.4, 0.5) is 0 Å². The van der Waals surface area contributed by atoms with Crippen molar-refractivity contribution >= 4 is 97.7 Å². The summed E-state index contributed by atoms with van der Waals surface area (Å²) in [6.07, 6.45) is 0. The molecule has 6 heterocycles. The number of ether oxygens (including phenoxy) is 3. The molecular weight excluding hydrogens is 1500 g/mol. The van der Waals surface area contributed by atoms with Gasteiger partial charge in [0.25, 0.3) is 0 Å². The zero-order valence-corrected chi connectivity index (χ0v) is 67.4. The first-order valence-corrected chi connectivity index (χ1v) is 41.8. The Balaban J connectivity index is 0.000000111. The number of imidazole rings is 3. The van der Waals surface area contributed by atoms with Gasteiger partial charge in [-0.25, -0.2) is 15.0 Å². The molecule has 0 radical (unpaired) electrons. The maximum atomic E-state index is 6.46. The number of nitrogens with zero attached hydrogens (tertiary/aromatic N) is 6. The maximum Gasteiger partial charge on any atom is 0.153 e. The van der Waals surface area contributed by atoms with E-state index >= 15 is 0 Å². The van der Waals surface area contributed by atoms with Crippen molar-refractivity contribution in [3.8, 4) is 141 Å². The lowest BCUT2D eigenvalue weighted by Gasteiger charge is -2.21. The fourth-order valence-electron chi connectivity index (χ4n) is 19.0. The van der Waals surface area contributed by atoms with Crippen LogP contribution in [0.2, 0.25) is 0 Å². The molecule has 0 saturated heterocycles. The Hall–Kier alpha value is -16.2. The lowest BCUT2D eigenvalue weighted by atomic mass is 9.84. The molecule has 0 saturated carbocycles. The molecule has 0 bridgehead atoms. The molecule has 26 rings (SSSR count). The van der Waals surface area contributed by atoms with Gasteiger partial charge in [0, 0.05) is 0 Å². The predicted octanol–water partition coefficient (Wildman–Crippen LogP) is 30.6. The van der Waals surface area contributed by atoms with Crippen LogP contribution in [0.3, 0.4) is 0 Å². The van der Waals surface area contributed by atoms with E-state index < -0.39 is 0 Å². The third-order valence-corrected chi connectivity index (χ3v) is 24.9. The molecule has 23 aromatic rings. The highest BCUT2D eigenvalue weighted by atomic mass is 16.5. The third kappa shape index (κ3) is 12.1. The van der Waals surface area contributed by atoms with Crippen LogP contribution in [0.1, 0.15) is 17.5 Å². The summed E-state index contributed by atoms with van der Waals surface area (Å²) >= 11 is 0. The highest BCUT2D eigenvalue weighted by Crippen LogP contribution is 2.50. The molecule has 3 aliphatic heterocycles. The summed E-state index contributed by atoms with van der Waals surface area (Å²) in [4.78, 5) is 14.2. The van der Waals surface area contributed by atoms with Gasteiger partial charge >= 0.3 is 0 Å². The minimum atomic E-state index is 0.836. The molecule has 3 aliphatic rings. The zero-order valence-electron chi connectivity index (χ0n) is 67.4. The zero-order chi connectivity index (χ0) is 81.5. The average Bonchev–Trinajstić information content (AvgIpc) is 1.62. The molecule has 0 spiro atoms. The Kier molecular flexibility index (Phi) is 16.4. The van der Waals surface area contributed by atoms with E-state index in [4.69, 9.17) is 29.2 Å². The first-order valence-electron chi connectivity index (χ1n) is 41.8. The molecule has 20 aromatic carbocycles. The minimum Gasteiger partial charge on any atom is -0.453 e. The van der Waals surface area contributed by atoms with E-state index in [1.165, 1.54) is 126 Å². The molecule has 9 nitrogen and oxygen atoms in total. The van der Waals surface area contributed by atoms with Crippen molar-refractivity contribution in [3.05, 3.63) is 412 Å². The number of aromatic nitrogens is 6. The smallest absolute Gasteiger partial charge is 0.153 e. The van der Waals surface area contributed by atoms with E-state index in [1.54, 1.807) is 0 Å². The maximum absolute atomic E-state index is 6.46. The second-order valence-corrected chi connectivity index (χ2v) is 32.2. The van der Waals surface area contributed by atoms with Crippen molar-refractivity contribution in [1.29, 1.82) is 0 Å². The van der Waals surface area contributed by atoms with Crippen LogP contribution >= 0.6 is 0 Å². The van der Waals surface area contributed by atoms with Gasteiger partial charge in [-0.15, -0.1) is 0 Å². The molecule has 0 N–H and O–H groups in total. The largest absolute Gasteiger partial charge is 0.453 e. The van der Waals surface area contributed by atoms with Crippen molar-refractivity contribution in [2.45, 2.75) is 20.8 Å². The van der Waals surface area contributed by atoms with Gasteiger partial charge in [-0.2, -0.15) is 0 Å². The van der Waals surface area contributed by atoms with E-state index in [9.17, 15) is 0 Å². The fraction of sp³-hybridized carbons (Fsp3) is 0.0263. The Labute approximate surface area is 709 Å². The number of hydrogen-bond acceptors (Lipinski definition) is 6. The van der Waals surface area contributed by atoms with Crippen LogP contribution in [0.25, 0.3) is 204 Å². The van der Waals surface area contributed by atoms with Gasteiger partial charge in [0.2, 0.25) is 0 Å². The molecule has 123 heavy (non-hydrogen) atoms. The number of para-hydroxylation sites is 3. The second kappa shape index (κ2) is 28.5. The van der Waals surface area contributed by atoms with Crippen molar-refractivity contribution in [2.24, 2.45) is 0 Å². The number of aryl methyl sites for hydroxylation is 3. The SMILES string of the molecule is Cc1nc2cccc3c2n1-c1ccc(-c2ccc(-c4ccc5c(-c6ccc7ccccc7c6)c6ccccc6c(-c6ccc7ccccc7c6)c5c4)cc2)cc1O3.Cc1nc2cccc3c2n1-c1ccc(-c2ccc(-c4ccc5ccccc5c4)cc2)cc1O3.Cc1nc2cccc3c2n1-c1ccc(-c2ccc4cc(-c5ccccc5)ccc4c2)cc1O3. The van der Waals surface area contributed by atoms with Gasteiger partial charge < -0.3 is 14.2 Å². The molecule has 578 valence electrons. The van der Waals surface area contributed by atoms with Gasteiger partial charge in [0.05, 0.1) is 33.6 Å². The van der Waals surface area contributed by atoms with Crippen LogP contribution in [0.15, 0.2) is 394 Å². The Bertz CT molecular complexity index is 8320. The van der Waals surface area contributed by atoms with E-state index in [0.29, 0.717) is 0 Å². The molecule has 0 aliphatic carbocycles. The summed E-state index contributed by atoms with van der Waals surface area (Å²) in [5, 5.41) is 14.9. The minimum absolute atomic E-state index is 0.836. The van der Waals surface area contributed by atoms with Crippen LogP contribution in [0, 0.1) is 20.8 Å². The summed E-state index contributed by atoms with van der Waals surface area (Å²) in [6.45, 7) is 6.13. The Morgan fingerprint density at radius 1 is 0.179 bits per heavy atom. The average molecular weight is 1580 g/mol. The second-order valence-electron chi connectivity index (χ2n) is 32.2. The van der Waals surface area contributed by atoms with E-state index in [0.717, 1.165) is 130 Å². The van der Waals surface area contributed by atoms with E-state index in [1.807, 2.05) is 68.4 Å². The van der Waals surface area contributed by atoms with Crippen molar-refractivity contribution in [1.82, 2.24) is 28.7 Å². The van der Waals surface area contributed by atoms with Crippen molar-refractivity contribution < 1.29 is 14.2 Å².